The zero-order chi connectivity index (χ0) is 14.3. The monoisotopic (exact) mass is 286 g/mol. The number of rotatable bonds is 7. The van der Waals surface area contributed by atoms with E-state index in [9.17, 15) is 13.2 Å². The van der Waals surface area contributed by atoms with E-state index in [4.69, 9.17) is 5.84 Å². The van der Waals surface area contributed by atoms with E-state index in [1.54, 1.807) is 24.3 Å². The second kappa shape index (κ2) is 7.07. The van der Waals surface area contributed by atoms with E-state index in [1.165, 1.54) is 0 Å². The van der Waals surface area contributed by atoms with Crippen LogP contribution in [0.1, 0.15) is 16.8 Å². The number of benzene rings is 1. The molecule has 8 heteroatoms. The maximum Gasteiger partial charge on any atom is 0.253 e. The predicted octanol–water partition coefficient (Wildman–Crippen LogP) is -0.359. The van der Waals surface area contributed by atoms with Gasteiger partial charge in [-0.15, -0.1) is 0 Å². The van der Waals surface area contributed by atoms with Crippen molar-refractivity contribution in [2.45, 2.75) is 6.42 Å². The lowest BCUT2D eigenvalue weighted by atomic mass is 10.1. The molecule has 1 aromatic carbocycles. The lowest BCUT2D eigenvalue weighted by molar-refractivity contribution is 0.0954. The third kappa shape index (κ3) is 5.69. The number of anilines is 1. The summed E-state index contributed by atoms with van der Waals surface area (Å²) in [6.45, 7) is 0.663. The van der Waals surface area contributed by atoms with E-state index in [0.29, 0.717) is 24.2 Å². The van der Waals surface area contributed by atoms with Crippen LogP contribution in [0.2, 0.25) is 0 Å². The van der Waals surface area contributed by atoms with Crippen molar-refractivity contribution in [1.82, 2.24) is 10.0 Å². The van der Waals surface area contributed by atoms with Crippen LogP contribution in [0.5, 0.6) is 0 Å². The molecule has 5 N–H and O–H groups in total. The molecule has 7 nitrogen and oxygen atoms in total. The van der Waals surface area contributed by atoms with E-state index >= 15 is 0 Å². The first kappa shape index (κ1) is 15.4. The van der Waals surface area contributed by atoms with Crippen molar-refractivity contribution >= 4 is 21.6 Å². The smallest absolute Gasteiger partial charge is 0.253 e. The van der Waals surface area contributed by atoms with Crippen molar-refractivity contribution < 1.29 is 13.2 Å². The van der Waals surface area contributed by atoms with Gasteiger partial charge in [-0.1, -0.05) is 12.1 Å². The number of hydrazine groups is 1. The zero-order valence-electron chi connectivity index (χ0n) is 10.6. The highest BCUT2D eigenvalue weighted by molar-refractivity contribution is 7.88. The number of hydrogen-bond donors (Lipinski definition) is 4. The molecule has 0 aliphatic carbocycles. The topological polar surface area (TPSA) is 113 Å². The summed E-state index contributed by atoms with van der Waals surface area (Å²) >= 11 is 0. The Morgan fingerprint density at radius 1 is 1.26 bits per heavy atom. The fourth-order valence-electron chi connectivity index (χ4n) is 1.45. The van der Waals surface area contributed by atoms with Gasteiger partial charge in [0.05, 0.1) is 17.5 Å². The van der Waals surface area contributed by atoms with Gasteiger partial charge in [-0.25, -0.2) is 13.1 Å². The molecular formula is C11H18N4O3S. The van der Waals surface area contributed by atoms with Crippen LogP contribution in [0.4, 0.5) is 5.69 Å². The number of sulfonamides is 1. The van der Waals surface area contributed by atoms with Gasteiger partial charge >= 0.3 is 0 Å². The Labute approximate surface area is 112 Å². The van der Waals surface area contributed by atoms with Crippen LogP contribution in [0.3, 0.4) is 0 Å². The van der Waals surface area contributed by atoms with Crippen LogP contribution in [-0.2, 0) is 10.0 Å². The molecular weight excluding hydrogens is 268 g/mol. The summed E-state index contributed by atoms with van der Waals surface area (Å²) in [6, 6.07) is 6.85. The number of para-hydroxylation sites is 1. The number of carbonyl (C=O) groups is 1. The van der Waals surface area contributed by atoms with Crippen molar-refractivity contribution in [3.05, 3.63) is 29.8 Å². The van der Waals surface area contributed by atoms with Gasteiger partial charge in [-0.05, 0) is 18.6 Å². The van der Waals surface area contributed by atoms with Crippen LogP contribution in [0, 0.1) is 0 Å². The molecule has 0 bridgehead atoms. The quantitative estimate of drug-likeness (QED) is 0.310. The number of nitrogens with two attached hydrogens (primary N) is 1. The molecule has 0 heterocycles. The van der Waals surface area contributed by atoms with E-state index in [-0.39, 0.29) is 12.5 Å². The molecule has 0 aliphatic rings. The van der Waals surface area contributed by atoms with Gasteiger partial charge in [-0.3, -0.25) is 10.6 Å². The van der Waals surface area contributed by atoms with Crippen molar-refractivity contribution in [3.8, 4) is 0 Å². The molecule has 0 fully saturated rings. The first-order chi connectivity index (χ1) is 8.94. The summed E-state index contributed by atoms with van der Waals surface area (Å²) in [6.07, 6.45) is 1.60. The fourth-order valence-corrected chi connectivity index (χ4v) is 1.97. The number of amides is 1. The minimum atomic E-state index is -3.18. The van der Waals surface area contributed by atoms with Crippen LogP contribution in [-0.4, -0.2) is 33.7 Å². The van der Waals surface area contributed by atoms with Crippen molar-refractivity contribution in [1.29, 1.82) is 0 Å². The molecule has 0 atom stereocenters. The molecule has 0 saturated heterocycles. The largest absolute Gasteiger partial charge is 0.352 e. The Balaban J connectivity index is 2.39. The first-order valence-corrected chi connectivity index (χ1v) is 7.61. The molecule has 1 aromatic rings. The Hall–Kier alpha value is -1.64. The van der Waals surface area contributed by atoms with E-state index in [0.717, 1.165) is 6.26 Å². The van der Waals surface area contributed by atoms with E-state index in [2.05, 4.69) is 15.5 Å². The maximum absolute atomic E-state index is 11.8. The lowest BCUT2D eigenvalue weighted by Crippen LogP contribution is -2.30. The standard InChI is InChI=1S/C11H18N4O3S/c1-19(17,18)14-8-4-7-13-11(16)9-5-2-3-6-10(9)15-12/h2-3,5-6,14-15H,4,7-8,12H2,1H3,(H,13,16). The molecule has 0 spiro atoms. The lowest BCUT2D eigenvalue weighted by Gasteiger charge is -2.09. The Kier molecular flexibility index (Phi) is 5.74. The van der Waals surface area contributed by atoms with Crippen LogP contribution >= 0.6 is 0 Å². The molecule has 1 amide bonds. The highest BCUT2D eigenvalue weighted by Crippen LogP contribution is 2.12. The summed E-state index contributed by atoms with van der Waals surface area (Å²) in [5.74, 6) is 5.05. The summed E-state index contributed by atoms with van der Waals surface area (Å²) in [5.41, 5.74) is 3.43. The Morgan fingerprint density at radius 2 is 1.95 bits per heavy atom. The number of nitrogens with one attached hydrogen (secondary N) is 3. The third-order valence-electron chi connectivity index (χ3n) is 2.33. The minimum absolute atomic E-state index is 0.257. The predicted molar refractivity (Wildman–Crippen MR) is 74.0 cm³/mol. The second-order valence-electron chi connectivity index (χ2n) is 3.97. The average Bonchev–Trinajstić information content (AvgIpc) is 2.36. The van der Waals surface area contributed by atoms with Gasteiger partial charge in [0.25, 0.3) is 5.91 Å². The van der Waals surface area contributed by atoms with Gasteiger partial charge in [0.15, 0.2) is 0 Å². The third-order valence-corrected chi connectivity index (χ3v) is 3.06. The first-order valence-electron chi connectivity index (χ1n) is 5.72. The zero-order valence-corrected chi connectivity index (χ0v) is 11.5. The van der Waals surface area contributed by atoms with E-state index < -0.39 is 10.0 Å². The summed E-state index contributed by atoms with van der Waals surface area (Å²) < 4.78 is 24.0. The van der Waals surface area contributed by atoms with Gasteiger partial charge in [0.2, 0.25) is 10.0 Å². The maximum atomic E-state index is 11.8. The number of hydrogen-bond acceptors (Lipinski definition) is 5. The van der Waals surface area contributed by atoms with Gasteiger partial charge in [0.1, 0.15) is 0 Å². The summed E-state index contributed by atoms with van der Waals surface area (Å²) in [7, 11) is -3.18. The summed E-state index contributed by atoms with van der Waals surface area (Å²) in [4.78, 5) is 11.8. The van der Waals surface area contributed by atoms with Crippen molar-refractivity contribution in [2.75, 3.05) is 24.8 Å². The van der Waals surface area contributed by atoms with Crippen molar-refractivity contribution in [2.24, 2.45) is 5.84 Å². The molecule has 19 heavy (non-hydrogen) atoms. The Bertz CT molecular complexity index is 530. The van der Waals surface area contributed by atoms with Crippen LogP contribution < -0.4 is 21.3 Å². The van der Waals surface area contributed by atoms with Gasteiger partial charge < -0.3 is 10.7 Å². The minimum Gasteiger partial charge on any atom is -0.352 e. The SMILES string of the molecule is CS(=O)(=O)NCCCNC(=O)c1ccccc1NN. The Morgan fingerprint density at radius 3 is 2.58 bits per heavy atom. The molecule has 0 aliphatic heterocycles. The normalized spacial score (nSPS) is 11.1. The van der Waals surface area contributed by atoms with Crippen molar-refractivity contribution in [3.63, 3.8) is 0 Å². The number of nitrogen functional groups attached to an aromatic ring is 1. The fraction of sp³-hybridized carbons (Fsp3) is 0.364. The molecule has 0 unspecified atom stereocenters. The van der Waals surface area contributed by atoms with E-state index in [1.807, 2.05) is 0 Å². The number of carbonyl (C=O) groups excluding carboxylic acids is 1. The molecule has 0 saturated carbocycles. The molecule has 0 aromatic heterocycles. The molecule has 106 valence electrons. The van der Waals surface area contributed by atoms with Gasteiger partial charge in [0, 0.05) is 13.1 Å². The highest BCUT2D eigenvalue weighted by atomic mass is 32.2. The second-order valence-corrected chi connectivity index (χ2v) is 5.80. The summed E-state index contributed by atoms with van der Waals surface area (Å²) in [5, 5.41) is 2.69. The average molecular weight is 286 g/mol. The molecule has 1 rings (SSSR count). The van der Waals surface area contributed by atoms with Crippen LogP contribution in [0.15, 0.2) is 24.3 Å². The van der Waals surface area contributed by atoms with Crippen LogP contribution in [0.25, 0.3) is 0 Å². The molecule has 0 radical (unpaired) electrons. The van der Waals surface area contributed by atoms with Gasteiger partial charge in [-0.2, -0.15) is 0 Å². The highest BCUT2D eigenvalue weighted by Gasteiger charge is 2.09.